The average Bonchev–Trinajstić information content (AvgIpc) is 3.06. The summed E-state index contributed by atoms with van der Waals surface area (Å²) in [6.45, 7) is 7.43. The van der Waals surface area contributed by atoms with Crippen LogP contribution in [0.2, 0.25) is 0 Å². The summed E-state index contributed by atoms with van der Waals surface area (Å²) in [6, 6.07) is 6.17. The van der Waals surface area contributed by atoms with Crippen molar-refractivity contribution in [2.45, 2.75) is 33.4 Å². The molecule has 3 rings (SSSR count). The summed E-state index contributed by atoms with van der Waals surface area (Å²) >= 11 is 5.53. The van der Waals surface area contributed by atoms with E-state index >= 15 is 0 Å². The van der Waals surface area contributed by atoms with Gasteiger partial charge in [-0.1, -0.05) is 12.1 Å². The zero-order valence-corrected chi connectivity index (χ0v) is 12.8. The Balaban J connectivity index is 1.93. The first-order valence-electron chi connectivity index (χ1n) is 7.10. The molecular formula is C14H20N5S+. The van der Waals surface area contributed by atoms with Crippen molar-refractivity contribution in [2.24, 2.45) is 0 Å². The highest BCUT2D eigenvalue weighted by atomic mass is 32.1. The van der Waals surface area contributed by atoms with Crippen LogP contribution < -0.4 is 4.90 Å². The van der Waals surface area contributed by atoms with E-state index in [1.54, 1.807) is 4.68 Å². The molecule has 1 aliphatic rings. The fraction of sp³-hybridized carbons (Fsp3) is 0.500. The highest BCUT2D eigenvalue weighted by Gasteiger charge is 2.18. The van der Waals surface area contributed by atoms with Gasteiger partial charge in [-0.15, -0.1) is 0 Å². The fourth-order valence-corrected chi connectivity index (χ4v) is 2.97. The van der Waals surface area contributed by atoms with Crippen LogP contribution in [0.3, 0.4) is 0 Å². The van der Waals surface area contributed by atoms with Crippen LogP contribution >= 0.6 is 12.2 Å². The van der Waals surface area contributed by atoms with Gasteiger partial charge >= 0.3 is 0 Å². The SMILES string of the molecule is Cc1cccc(-n2nnn(C[NH+]3CCCC3)c2=S)c1C. The molecule has 106 valence electrons. The molecule has 0 aliphatic carbocycles. The lowest BCUT2D eigenvalue weighted by molar-refractivity contribution is -0.911. The minimum Gasteiger partial charge on any atom is -0.316 e. The number of hydrogen-bond acceptors (Lipinski definition) is 3. The zero-order chi connectivity index (χ0) is 14.1. The van der Waals surface area contributed by atoms with Crippen molar-refractivity contribution in [3.05, 3.63) is 34.1 Å². The van der Waals surface area contributed by atoms with Gasteiger partial charge in [0, 0.05) is 12.8 Å². The molecule has 0 saturated carbocycles. The minimum absolute atomic E-state index is 0.679. The Hall–Kier alpha value is -1.53. The lowest BCUT2D eigenvalue weighted by Gasteiger charge is -2.10. The molecule has 1 aromatic carbocycles. The molecule has 2 heterocycles. The molecule has 0 atom stereocenters. The summed E-state index contributed by atoms with van der Waals surface area (Å²) in [5, 5.41) is 8.47. The first kappa shape index (κ1) is 13.5. The monoisotopic (exact) mass is 290 g/mol. The smallest absolute Gasteiger partial charge is 0.225 e. The van der Waals surface area contributed by atoms with E-state index in [-0.39, 0.29) is 0 Å². The summed E-state index contributed by atoms with van der Waals surface area (Å²) in [6.07, 6.45) is 2.60. The first-order valence-corrected chi connectivity index (χ1v) is 7.50. The maximum absolute atomic E-state index is 5.53. The molecule has 1 fully saturated rings. The maximum atomic E-state index is 5.53. The van der Waals surface area contributed by atoms with Crippen LogP contribution in [0, 0.1) is 18.6 Å². The Morgan fingerprint density at radius 1 is 1.20 bits per heavy atom. The van der Waals surface area contributed by atoms with Crippen LogP contribution in [0.1, 0.15) is 24.0 Å². The number of rotatable bonds is 3. The predicted molar refractivity (Wildman–Crippen MR) is 79.6 cm³/mol. The van der Waals surface area contributed by atoms with Gasteiger partial charge in [-0.3, -0.25) is 0 Å². The fourth-order valence-electron chi connectivity index (χ4n) is 2.73. The van der Waals surface area contributed by atoms with E-state index in [1.807, 2.05) is 16.8 Å². The predicted octanol–water partition coefficient (Wildman–Crippen LogP) is 1.05. The summed E-state index contributed by atoms with van der Waals surface area (Å²) in [5.74, 6) is 0. The molecule has 5 nitrogen and oxygen atoms in total. The van der Waals surface area contributed by atoms with Crippen LogP contribution in [-0.2, 0) is 6.67 Å². The quantitative estimate of drug-likeness (QED) is 0.859. The highest BCUT2D eigenvalue weighted by molar-refractivity contribution is 7.71. The number of tetrazole rings is 1. The van der Waals surface area contributed by atoms with Crippen LogP contribution in [0.15, 0.2) is 18.2 Å². The Kier molecular flexibility index (Phi) is 3.67. The second-order valence-corrected chi connectivity index (χ2v) is 5.87. The van der Waals surface area contributed by atoms with Gasteiger partial charge < -0.3 is 4.90 Å². The van der Waals surface area contributed by atoms with E-state index in [1.165, 1.54) is 42.0 Å². The summed E-state index contributed by atoms with van der Waals surface area (Å²) < 4.78 is 4.29. The van der Waals surface area contributed by atoms with Gasteiger partial charge in [-0.05, 0) is 53.7 Å². The number of likely N-dealkylation sites (tertiary alicyclic amines) is 1. The molecule has 1 N–H and O–H groups in total. The third-order valence-electron chi connectivity index (χ3n) is 4.13. The maximum Gasteiger partial charge on any atom is 0.225 e. The van der Waals surface area contributed by atoms with E-state index in [9.17, 15) is 0 Å². The van der Waals surface area contributed by atoms with E-state index < -0.39 is 0 Å². The Morgan fingerprint density at radius 2 is 1.95 bits per heavy atom. The standard InChI is InChI=1S/C14H19N5S/c1-11-6-5-7-13(12(11)2)19-14(20)18(15-16-19)10-17-8-3-4-9-17/h5-7H,3-4,8-10H2,1-2H3/p+1. The number of nitrogens with zero attached hydrogens (tertiary/aromatic N) is 4. The third kappa shape index (κ3) is 2.41. The molecule has 20 heavy (non-hydrogen) atoms. The molecule has 1 aliphatic heterocycles. The van der Waals surface area contributed by atoms with Gasteiger partial charge in [0.2, 0.25) is 4.77 Å². The van der Waals surface area contributed by atoms with Gasteiger partial charge in [0.25, 0.3) is 0 Å². The van der Waals surface area contributed by atoms with E-state index in [4.69, 9.17) is 12.2 Å². The number of quaternary nitrogens is 1. The topological polar surface area (TPSA) is 40.1 Å². The number of aryl methyl sites for hydroxylation is 1. The summed E-state index contributed by atoms with van der Waals surface area (Å²) in [4.78, 5) is 1.54. The molecule has 0 spiro atoms. The number of hydrogen-bond donors (Lipinski definition) is 1. The van der Waals surface area contributed by atoms with Gasteiger partial charge in [-0.2, -0.15) is 9.36 Å². The minimum atomic E-state index is 0.679. The van der Waals surface area contributed by atoms with Crippen LogP contribution in [0.25, 0.3) is 5.69 Å². The highest BCUT2D eigenvalue weighted by Crippen LogP contribution is 2.16. The van der Waals surface area contributed by atoms with Crippen LogP contribution in [-0.4, -0.2) is 32.9 Å². The Morgan fingerprint density at radius 3 is 2.70 bits per heavy atom. The molecule has 0 radical (unpaired) electrons. The van der Waals surface area contributed by atoms with Crippen molar-refractivity contribution in [3.63, 3.8) is 0 Å². The van der Waals surface area contributed by atoms with Gasteiger partial charge in [-0.25, -0.2) is 0 Å². The molecule has 0 unspecified atom stereocenters. The molecule has 1 aromatic heterocycles. The second-order valence-electron chi connectivity index (χ2n) is 5.51. The lowest BCUT2D eigenvalue weighted by Crippen LogP contribution is -3.09. The Labute approximate surface area is 123 Å². The van der Waals surface area contributed by atoms with Crippen LogP contribution in [0.4, 0.5) is 0 Å². The normalized spacial score (nSPS) is 15.9. The van der Waals surface area contributed by atoms with E-state index in [0.717, 1.165) is 12.4 Å². The number of aromatic nitrogens is 4. The second kappa shape index (κ2) is 5.46. The van der Waals surface area contributed by atoms with E-state index in [0.29, 0.717) is 4.77 Å². The largest absolute Gasteiger partial charge is 0.316 e. The lowest BCUT2D eigenvalue weighted by atomic mass is 10.1. The van der Waals surface area contributed by atoms with Crippen LogP contribution in [0.5, 0.6) is 0 Å². The van der Waals surface area contributed by atoms with Gasteiger partial charge in [0.05, 0.1) is 18.8 Å². The number of benzene rings is 1. The average molecular weight is 290 g/mol. The molecule has 1 saturated heterocycles. The molecule has 0 bridgehead atoms. The van der Waals surface area contributed by atoms with Crippen molar-refractivity contribution >= 4 is 12.2 Å². The Bertz CT molecular complexity index is 666. The van der Waals surface area contributed by atoms with E-state index in [2.05, 4.69) is 30.3 Å². The van der Waals surface area contributed by atoms with Gasteiger partial charge in [0.1, 0.15) is 0 Å². The molecule has 6 heteroatoms. The number of nitrogens with one attached hydrogen (secondary N) is 1. The van der Waals surface area contributed by atoms with Crippen molar-refractivity contribution in [2.75, 3.05) is 13.1 Å². The summed E-state index contributed by atoms with van der Waals surface area (Å²) in [7, 11) is 0. The third-order valence-corrected chi connectivity index (χ3v) is 4.51. The van der Waals surface area contributed by atoms with Crippen molar-refractivity contribution < 1.29 is 4.90 Å². The zero-order valence-electron chi connectivity index (χ0n) is 12.0. The van der Waals surface area contributed by atoms with Crippen molar-refractivity contribution in [1.29, 1.82) is 0 Å². The molecule has 0 amide bonds. The summed E-state index contributed by atoms with van der Waals surface area (Å²) in [5.41, 5.74) is 3.46. The molecular weight excluding hydrogens is 270 g/mol. The van der Waals surface area contributed by atoms with Crippen molar-refractivity contribution in [1.82, 2.24) is 19.8 Å². The molecule has 2 aromatic rings. The van der Waals surface area contributed by atoms with Crippen molar-refractivity contribution in [3.8, 4) is 5.69 Å². The first-order chi connectivity index (χ1) is 9.66. The van der Waals surface area contributed by atoms with Gasteiger partial charge in [0.15, 0.2) is 6.67 Å².